The molecule has 0 aromatic heterocycles. The van der Waals surface area contributed by atoms with Crippen molar-refractivity contribution in [2.24, 2.45) is 5.92 Å². The Morgan fingerprint density at radius 2 is 1.59 bits per heavy atom. The van der Waals surface area contributed by atoms with Crippen molar-refractivity contribution in [1.82, 2.24) is 0 Å². The summed E-state index contributed by atoms with van der Waals surface area (Å²) in [6, 6.07) is 26.9. The lowest BCUT2D eigenvalue weighted by Crippen LogP contribution is -2.56. The lowest BCUT2D eigenvalue weighted by Gasteiger charge is -2.47. The molecule has 1 saturated heterocycles. The second-order valence-corrected chi connectivity index (χ2v) is 8.78. The summed E-state index contributed by atoms with van der Waals surface area (Å²) >= 11 is 5.22. The van der Waals surface area contributed by atoms with Crippen molar-refractivity contribution in [3.63, 3.8) is 0 Å². The van der Waals surface area contributed by atoms with Crippen LogP contribution < -0.4 is 4.90 Å². The van der Waals surface area contributed by atoms with E-state index in [1.807, 2.05) is 47.4 Å². The molecular weight excluding hydrogens is 418 g/mol. The van der Waals surface area contributed by atoms with Gasteiger partial charge in [0.15, 0.2) is 0 Å². The Kier molecular flexibility index (Phi) is 5.37. The molecule has 3 aromatic rings. The van der Waals surface area contributed by atoms with Gasteiger partial charge in [0.2, 0.25) is 5.91 Å². The lowest BCUT2D eigenvalue weighted by atomic mass is 9.83. The smallest absolute Gasteiger partial charge is 0.233 e. The molecule has 3 aromatic carbocycles. The number of thioether (sulfide) groups is 1. The largest absolute Gasteiger partial charge is 0.304 e. The quantitative estimate of drug-likeness (QED) is 0.347. The van der Waals surface area contributed by atoms with Gasteiger partial charge in [-0.2, -0.15) is 0 Å². The van der Waals surface area contributed by atoms with Crippen LogP contribution in [0.4, 0.5) is 5.69 Å². The van der Waals surface area contributed by atoms with Crippen LogP contribution in [0.25, 0.3) is 0 Å². The van der Waals surface area contributed by atoms with Crippen LogP contribution >= 0.6 is 27.7 Å². The summed E-state index contributed by atoms with van der Waals surface area (Å²) in [5.41, 5.74) is 3.37. The summed E-state index contributed by atoms with van der Waals surface area (Å²) in [4.78, 5) is 16.1. The number of nitrogens with zero attached hydrogens (tertiary/aromatic N) is 1. The monoisotopic (exact) mass is 437 g/mol. The van der Waals surface area contributed by atoms with Gasteiger partial charge in [-0.15, -0.1) is 11.8 Å². The molecular formula is C23H20BrNOS. The van der Waals surface area contributed by atoms with Crippen LogP contribution in [0.15, 0.2) is 88.2 Å². The third kappa shape index (κ3) is 3.83. The van der Waals surface area contributed by atoms with Crippen molar-refractivity contribution in [2.75, 3.05) is 10.7 Å². The fourth-order valence-electron chi connectivity index (χ4n) is 3.45. The van der Waals surface area contributed by atoms with Crippen LogP contribution in [0.3, 0.4) is 0 Å². The zero-order chi connectivity index (χ0) is 18.8. The van der Waals surface area contributed by atoms with Gasteiger partial charge in [0.05, 0.1) is 12.0 Å². The molecule has 1 aliphatic rings. The number of halogens is 1. The minimum Gasteiger partial charge on any atom is -0.304 e. The van der Waals surface area contributed by atoms with Gasteiger partial charge < -0.3 is 4.90 Å². The Labute approximate surface area is 172 Å². The van der Waals surface area contributed by atoms with Crippen LogP contribution in [0.1, 0.15) is 17.2 Å². The number of rotatable bonds is 5. The molecule has 1 aliphatic heterocycles. The molecule has 0 unspecified atom stereocenters. The molecule has 0 radical (unpaired) electrons. The van der Waals surface area contributed by atoms with Crippen molar-refractivity contribution >= 4 is 39.3 Å². The summed E-state index contributed by atoms with van der Waals surface area (Å²) in [5, 5.41) is 0. The SMILES string of the molecule is Cc1ccc(N2C(=O)[C@H](CSc3ccc(Br)cc3)[C@H]2c2ccccc2)cc1. The van der Waals surface area contributed by atoms with E-state index < -0.39 is 0 Å². The summed E-state index contributed by atoms with van der Waals surface area (Å²) in [5.74, 6) is 0.974. The summed E-state index contributed by atoms with van der Waals surface area (Å²) < 4.78 is 1.07. The van der Waals surface area contributed by atoms with Gasteiger partial charge in [0.25, 0.3) is 0 Å². The molecule has 1 fully saturated rings. The van der Waals surface area contributed by atoms with Gasteiger partial charge in [0, 0.05) is 20.8 Å². The molecule has 2 atom stereocenters. The minimum absolute atomic E-state index is 0.0117. The van der Waals surface area contributed by atoms with E-state index in [1.165, 1.54) is 16.0 Å². The van der Waals surface area contributed by atoms with Gasteiger partial charge >= 0.3 is 0 Å². The van der Waals surface area contributed by atoms with E-state index in [4.69, 9.17) is 0 Å². The van der Waals surface area contributed by atoms with E-state index in [-0.39, 0.29) is 17.9 Å². The predicted octanol–water partition coefficient (Wildman–Crippen LogP) is 6.25. The highest BCUT2D eigenvalue weighted by atomic mass is 79.9. The third-order valence-electron chi connectivity index (χ3n) is 4.91. The summed E-state index contributed by atoms with van der Waals surface area (Å²) in [6.07, 6.45) is 0. The highest BCUT2D eigenvalue weighted by molar-refractivity contribution is 9.10. The first-order chi connectivity index (χ1) is 13.1. The topological polar surface area (TPSA) is 20.3 Å². The van der Waals surface area contributed by atoms with E-state index >= 15 is 0 Å². The van der Waals surface area contributed by atoms with Crippen LogP contribution in [0, 0.1) is 12.8 Å². The average Bonchev–Trinajstić information content (AvgIpc) is 2.69. The second-order valence-electron chi connectivity index (χ2n) is 6.77. The number of anilines is 1. The van der Waals surface area contributed by atoms with E-state index in [0.717, 1.165) is 15.9 Å². The number of carbonyl (C=O) groups is 1. The predicted molar refractivity (Wildman–Crippen MR) is 116 cm³/mol. The Morgan fingerprint density at radius 3 is 2.26 bits per heavy atom. The maximum atomic E-state index is 13.0. The van der Waals surface area contributed by atoms with Gasteiger partial charge in [0.1, 0.15) is 0 Å². The van der Waals surface area contributed by atoms with Crippen LogP contribution in [-0.4, -0.2) is 11.7 Å². The van der Waals surface area contributed by atoms with Gasteiger partial charge in [-0.3, -0.25) is 4.79 Å². The van der Waals surface area contributed by atoms with E-state index in [0.29, 0.717) is 0 Å². The van der Waals surface area contributed by atoms with Crippen molar-refractivity contribution < 1.29 is 4.79 Å². The van der Waals surface area contributed by atoms with E-state index in [2.05, 4.69) is 59.3 Å². The Bertz CT molecular complexity index is 925. The average molecular weight is 438 g/mol. The zero-order valence-electron chi connectivity index (χ0n) is 15.0. The highest BCUT2D eigenvalue weighted by Gasteiger charge is 2.48. The second kappa shape index (κ2) is 7.91. The number of amides is 1. The number of carbonyl (C=O) groups excluding carboxylic acids is 1. The molecule has 0 spiro atoms. The maximum absolute atomic E-state index is 13.0. The Hall–Kier alpha value is -2.04. The van der Waals surface area contributed by atoms with Gasteiger partial charge in [-0.1, -0.05) is 64.0 Å². The van der Waals surface area contributed by atoms with Gasteiger partial charge in [-0.25, -0.2) is 0 Å². The highest BCUT2D eigenvalue weighted by Crippen LogP contribution is 2.45. The van der Waals surface area contributed by atoms with Crippen molar-refractivity contribution in [3.8, 4) is 0 Å². The minimum atomic E-state index is -0.0117. The maximum Gasteiger partial charge on any atom is 0.233 e. The molecule has 1 amide bonds. The Balaban J connectivity index is 1.58. The van der Waals surface area contributed by atoms with Crippen molar-refractivity contribution in [1.29, 1.82) is 0 Å². The Morgan fingerprint density at radius 1 is 0.926 bits per heavy atom. The fraction of sp³-hybridized carbons (Fsp3) is 0.174. The number of benzene rings is 3. The fourth-order valence-corrected chi connectivity index (χ4v) is 4.74. The van der Waals surface area contributed by atoms with Crippen LogP contribution in [-0.2, 0) is 4.79 Å². The summed E-state index contributed by atoms with van der Waals surface area (Å²) in [7, 11) is 0. The molecule has 0 bridgehead atoms. The number of hydrogen-bond donors (Lipinski definition) is 0. The standard InChI is InChI=1S/C23H20BrNOS/c1-16-7-11-19(12-8-16)25-22(17-5-3-2-4-6-17)21(23(25)26)15-27-20-13-9-18(24)10-14-20/h2-14,21-22H,15H2,1H3/t21-,22-/m1/s1. The van der Waals surface area contributed by atoms with E-state index in [9.17, 15) is 4.79 Å². The first-order valence-electron chi connectivity index (χ1n) is 8.96. The number of hydrogen-bond acceptors (Lipinski definition) is 2. The lowest BCUT2D eigenvalue weighted by molar-refractivity contribution is -0.129. The molecule has 0 N–H and O–H groups in total. The van der Waals surface area contributed by atoms with E-state index in [1.54, 1.807) is 11.8 Å². The molecule has 27 heavy (non-hydrogen) atoms. The molecule has 2 nitrogen and oxygen atoms in total. The zero-order valence-corrected chi connectivity index (χ0v) is 17.4. The molecule has 0 aliphatic carbocycles. The normalized spacial score (nSPS) is 19.0. The number of β-lactam (4-membered cyclic amide) rings is 1. The van der Waals surface area contributed by atoms with Crippen LogP contribution in [0.2, 0.25) is 0 Å². The van der Waals surface area contributed by atoms with Crippen molar-refractivity contribution in [3.05, 3.63) is 94.5 Å². The first-order valence-corrected chi connectivity index (χ1v) is 10.7. The molecule has 4 heteroatoms. The molecule has 1 heterocycles. The molecule has 136 valence electrons. The third-order valence-corrected chi connectivity index (χ3v) is 6.57. The van der Waals surface area contributed by atoms with Crippen LogP contribution in [0.5, 0.6) is 0 Å². The van der Waals surface area contributed by atoms with Gasteiger partial charge in [-0.05, 0) is 48.9 Å². The first kappa shape index (κ1) is 18.3. The number of aryl methyl sites for hydroxylation is 1. The molecule has 0 saturated carbocycles. The summed E-state index contributed by atoms with van der Waals surface area (Å²) in [6.45, 7) is 2.06. The molecule has 4 rings (SSSR count). The van der Waals surface area contributed by atoms with Crippen molar-refractivity contribution in [2.45, 2.75) is 17.9 Å².